The highest BCUT2D eigenvalue weighted by atomic mass is 16.5. The molecule has 25 heavy (non-hydrogen) atoms. The average molecular weight is 351 g/mol. The summed E-state index contributed by atoms with van der Waals surface area (Å²) in [7, 11) is 0. The van der Waals surface area contributed by atoms with Gasteiger partial charge in [0.25, 0.3) is 0 Å². The van der Waals surface area contributed by atoms with Gasteiger partial charge in [0.1, 0.15) is 18.5 Å². The zero-order valence-corrected chi connectivity index (χ0v) is 15.8. The van der Waals surface area contributed by atoms with Gasteiger partial charge in [-0.3, -0.25) is 0 Å². The van der Waals surface area contributed by atoms with Crippen molar-refractivity contribution in [3.63, 3.8) is 0 Å². The number of aliphatic hydroxyl groups is 1. The maximum absolute atomic E-state index is 11.6. The van der Waals surface area contributed by atoms with Crippen molar-refractivity contribution in [2.75, 3.05) is 19.8 Å². The summed E-state index contributed by atoms with van der Waals surface area (Å²) in [6.45, 7) is 7.21. The van der Waals surface area contributed by atoms with Crippen LogP contribution in [0.25, 0.3) is 0 Å². The lowest BCUT2D eigenvalue weighted by Gasteiger charge is -2.17. The molecule has 0 heterocycles. The second kappa shape index (κ2) is 12.7. The lowest BCUT2D eigenvalue weighted by atomic mass is 10.1. The highest BCUT2D eigenvalue weighted by Crippen LogP contribution is 2.13. The molecule has 0 aliphatic carbocycles. The highest BCUT2D eigenvalue weighted by molar-refractivity contribution is 5.89. The third-order valence-corrected chi connectivity index (χ3v) is 4.00. The summed E-state index contributed by atoms with van der Waals surface area (Å²) in [5.41, 5.74) is 0.494. The molecule has 0 bridgehead atoms. The molecule has 0 amide bonds. The standard InChI is InChI=1S/C20H33NO4/c1-4-6-7-8-9-16(3)21-14-18(22)15-25-19-12-10-17(11-13-19)20(23)24-5-2/h10-13,16,18,21-22H,4-9,14-15H2,1-3H3/t16-,18+/m0/s1. The number of hydrogen-bond donors (Lipinski definition) is 2. The summed E-state index contributed by atoms with van der Waals surface area (Å²) in [6.07, 6.45) is 5.60. The van der Waals surface area contributed by atoms with Gasteiger partial charge in [0.15, 0.2) is 0 Å². The van der Waals surface area contributed by atoms with Crippen molar-refractivity contribution in [1.29, 1.82) is 0 Å². The molecule has 142 valence electrons. The van der Waals surface area contributed by atoms with E-state index < -0.39 is 6.10 Å². The van der Waals surface area contributed by atoms with Gasteiger partial charge in [-0.1, -0.05) is 32.6 Å². The summed E-state index contributed by atoms with van der Waals surface area (Å²) >= 11 is 0. The smallest absolute Gasteiger partial charge is 0.338 e. The van der Waals surface area contributed by atoms with E-state index in [1.54, 1.807) is 31.2 Å². The van der Waals surface area contributed by atoms with Crippen LogP contribution in [0.4, 0.5) is 0 Å². The van der Waals surface area contributed by atoms with Crippen molar-refractivity contribution in [2.24, 2.45) is 0 Å². The Kier molecular flexibility index (Phi) is 10.9. The third-order valence-electron chi connectivity index (χ3n) is 4.00. The van der Waals surface area contributed by atoms with Crippen molar-refractivity contribution in [1.82, 2.24) is 5.32 Å². The van der Waals surface area contributed by atoms with Crippen molar-refractivity contribution < 1.29 is 19.4 Å². The molecule has 2 atom stereocenters. The van der Waals surface area contributed by atoms with Crippen molar-refractivity contribution in [3.8, 4) is 5.75 Å². The summed E-state index contributed by atoms with van der Waals surface area (Å²) in [5.74, 6) is 0.283. The molecule has 1 aromatic rings. The molecule has 0 saturated carbocycles. The monoisotopic (exact) mass is 351 g/mol. The molecule has 0 spiro atoms. The molecular weight excluding hydrogens is 318 g/mol. The van der Waals surface area contributed by atoms with E-state index in [0.717, 1.165) is 6.42 Å². The van der Waals surface area contributed by atoms with Gasteiger partial charge in [-0.05, 0) is 44.5 Å². The topological polar surface area (TPSA) is 67.8 Å². The number of carbonyl (C=O) groups excluding carboxylic acids is 1. The van der Waals surface area contributed by atoms with E-state index in [4.69, 9.17) is 9.47 Å². The Bertz CT molecular complexity index is 475. The van der Waals surface area contributed by atoms with Crippen LogP contribution >= 0.6 is 0 Å². The van der Waals surface area contributed by atoms with Gasteiger partial charge >= 0.3 is 5.97 Å². The summed E-state index contributed by atoms with van der Waals surface area (Å²) in [5, 5.41) is 13.4. The van der Waals surface area contributed by atoms with Crippen molar-refractivity contribution >= 4 is 5.97 Å². The van der Waals surface area contributed by atoms with Crippen molar-refractivity contribution in [2.45, 2.75) is 65.0 Å². The Morgan fingerprint density at radius 1 is 1.16 bits per heavy atom. The van der Waals surface area contributed by atoms with Gasteiger partial charge < -0.3 is 19.9 Å². The molecule has 2 N–H and O–H groups in total. The van der Waals surface area contributed by atoms with Crippen LogP contribution in [0.5, 0.6) is 5.75 Å². The van der Waals surface area contributed by atoms with Crippen LogP contribution in [0.1, 0.15) is 63.2 Å². The number of hydrogen-bond acceptors (Lipinski definition) is 5. The molecular formula is C20H33NO4. The first-order valence-corrected chi connectivity index (χ1v) is 9.38. The number of ether oxygens (including phenoxy) is 2. The molecule has 0 aliphatic rings. The highest BCUT2D eigenvalue weighted by Gasteiger charge is 2.09. The van der Waals surface area contributed by atoms with E-state index >= 15 is 0 Å². The molecule has 0 unspecified atom stereocenters. The fourth-order valence-electron chi connectivity index (χ4n) is 2.47. The lowest BCUT2D eigenvalue weighted by Crippen LogP contribution is -2.36. The first kappa shape index (κ1) is 21.5. The zero-order valence-electron chi connectivity index (χ0n) is 15.8. The predicted molar refractivity (Wildman–Crippen MR) is 100 cm³/mol. The van der Waals surface area contributed by atoms with Crippen LogP contribution in [-0.4, -0.2) is 43.0 Å². The van der Waals surface area contributed by atoms with Crippen molar-refractivity contribution in [3.05, 3.63) is 29.8 Å². The molecule has 1 aromatic carbocycles. The molecule has 1 rings (SSSR count). The van der Waals surface area contributed by atoms with E-state index in [2.05, 4.69) is 19.2 Å². The molecule has 0 saturated heterocycles. The SMILES string of the molecule is CCCCCC[C@H](C)NC[C@@H](O)COc1ccc(C(=O)OCC)cc1. The average Bonchev–Trinajstić information content (AvgIpc) is 2.62. The zero-order chi connectivity index (χ0) is 18.5. The molecule has 5 heteroatoms. The molecule has 0 aliphatic heterocycles. The largest absolute Gasteiger partial charge is 0.491 e. The van der Waals surface area contributed by atoms with Gasteiger partial charge in [0.2, 0.25) is 0 Å². The normalized spacial score (nSPS) is 13.3. The van der Waals surface area contributed by atoms with Gasteiger partial charge in [0.05, 0.1) is 12.2 Å². The minimum absolute atomic E-state index is 0.217. The number of unbranched alkanes of at least 4 members (excludes halogenated alkanes) is 3. The number of nitrogens with one attached hydrogen (secondary N) is 1. The molecule has 0 aromatic heterocycles. The lowest BCUT2D eigenvalue weighted by molar-refractivity contribution is 0.0526. The van der Waals surface area contributed by atoms with E-state index in [1.807, 2.05) is 0 Å². The van der Waals surface area contributed by atoms with E-state index in [-0.39, 0.29) is 12.6 Å². The third kappa shape index (κ3) is 9.46. The quantitative estimate of drug-likeness (QED) is 0.420. The second-order valence-corrected chi connectivity index (χ2v) is 6.37. The molecule has 5 nitrogen and oxygen atoms in total. The minimum atomic E-state index is -0.567. The number of benzene rings is 1. The van der Waals surface area contributed by atoms with E-state index in [0.29, 0.717) is 30.5 Å². The van der Waals surface area contributed by atoms with Gasteiger partial charge in [-0.25, -0.2) is 4.79 Å². The number of rotatable bonds is 13. The Hall–Kier alpha value is -1.59. The maximum atomic E-state index is 11.6. The predicted octanol–water partition coefficient (Wildman–Crippen LogP) is 3.55. The van der Waals surface area contributed by atoms with Gasteiger partial charge in [-0.2, -0.15) is 0 Å². The van der Waals surface area contributed by atoms with Crippen LogP contribution in [-0.2, 0) is 4.74 Å². The second-order valence-electron chi connectivity index (χ2n) is 6.37. The van der Waals surface area contributed by atoms with Crippen LogP contribution in [0.3, 0.4) is 0 Å². The van der Waals surface area contributed by atoms with Gasteiger partial charge in [0, 0.05) is 12.6 Å². The Morgan fingerprint density at radius 2 is 1.88 bits per heavy atom. The maximum Gasteiger partial charge on any atom is 0.338 e. The van der Waals surface area contributed by atoms with Crippen LogP contribution in [0.2, 0.25) is 0 Å². The summed E-state index contributed by atoms with van der Waals surface area (Å²) in [4.78, 5) is 11.6. The van der Waals surface area contributed by atoms with E-state index in [1.165, 1.54) is 25.7 Å². The first-order valence-electron chi connectivity index (χ1n) is 9.38. The van der Waals surface area contributed by atoms with E-state index in [9.17, 15) is 9.90 Å². The number of aliphatic hydroxyl groups excluding tert-OH is 1. The number of esters is 1. The van der Waals surface area contributed by atoms with Crippen LogP contribution in [0, 0.1) is 0 Å². The van der Waals surface area contributed by atoms with Crippen LogP contribution < -0.4 is 10.1 Å². The first-order chi connectivity index (χ1) is 12.1. The molecule has 0 fully saturated rings. The fraction of sp³-hybridized carbons (Fsp3) is 0.650. The molecule has 0 radical (unpaired) electrons. The Morgan fingerprint density at radius 3 is 2.52 bits per heavy atom. The Labute approximate surface area is 151 Å². The van der Waals surface area contributed by atoms with Crippen LogP contribution in [0.15, 0.2) is 24.3 Å². The number of carbonyl (C=O) groups is 1. The van der Waals surface area contributed by atoms with Gasteiger partial charge in [-0.15, -0.1) is 0 Å². The minimum Gasteiger partial charge on any atom is -0.491 e. The summed E-state index contributed by atoms with van der Waals surface area (Å²) < 4.78 is 10.5. The Balaban J connectivity index is 2.22. The summed E-state index contributed by atoms with van der Waals surface area (Å²) in [6, 6.07) is 7.15. The fourth-order valence-corrected chi connectivity index (χ4v) is 2.47.